The topological polar surface area (TPSA) is 165 Å². The van der Waals surface area contributed by atoms with E-state index < -0.39 is 69.6 Å². The molecule has 40 heavy (non-hydrogen) atoms. The highest BCUT2D eigenvalue weighted by molar-refractivity contribution is 6.24. The lowest BCUT2D eigenvalue weighted by Crippen LogP contribution is -2.63. The fourth-order valence-electron chi connectivity index (χ4n) is 7.57. The molecular weight excluding hydrogens is 521 g/mol. The molecule has 0 aromatic heterocycles. The third-order valence-electron chi connectivity index (χ3n) is 10.00. The summed E-state index contributed by atoms with van der Waals surface area (Å²) in [7, 11) is 3.12. The van der Waals surface area contributed by atoms with E-state index in [9.17, 15) is 34.8 Å². The van der Waals surface area contributed by atoms with Gasteiger partial charge in [-0.05, 0) is 83.1 Å². The number of phenols is 1. The van der Waals surface area contributed by atoms with Gasteiger partial charge in [0.15, 0.2) is 11.4 Å². The molecule has 1 aliphatic heterocycles. The number of nitrogens with two attached hydrogens (primary N) is 1. The van der Waals surface area contributed by atoms with Gasteiger partial charge in [0.25, 0.3) is 5.91 Å². The van der Waals surface area contributed by atoms with Gasteiger partial charge in [-0.2, -0.15) is 0 Å². The van der Waals surface area contributed by atoms with Crippen molar-refractivity contribution in [1.82, 2.24) is 9.80 Å². The maximum atomic E-state index is 16.0. The number of primary amides is 1. The minimum absolute atomic E-state index is 0.0313. The molecule has 4 atom stereocenters. The number of piperidine rings is 1. The number of allylic oxidation sites excluding steroid dienone is 1. The lowest BCUT2D eigenvalue weighted by molar-refractivity contribution is -0.148. The predicted molar refractivity (Wildman–Crippen MR) is 140 cm³/mol. The first-order valence-electron chi connectivity index (χ1n) is 13.7. The quantitative estimate of drug-likeness (QED) is 0.347. The average molecular weight is 556 g/mol. The van der Waals surface area contributed by atoms with Crippen LogP contribution in [0.15, 0.2) is 28.7 Å². The summed E-state index contributed by atoms with van der Waals surface area (Å²) in [5, 5.41) is 44.7. The summed E-state index contributed by atoms with van der Waals surface area (Å²) in [6.07, 6.45) is 4.47. The molecule has 4 aliphatic carbocycles. The number of fused-ring (bicyclic) bond motifs is 3. The fraction of sp³-hybridized carbons (Fsp3) is 0.552. The number of likely N-dealkylation sites (N-methyl/N-ethyl adjacent to an activating group) is 1. The Morgan fingerprint density at radius 1 is 1.15 bits per heavy atom. The van der Waals surface area contributed by atoms with Gasteiger partial charge >= 0.3 is 0 Å². The van der Waals surface area contributed by atoms with E-state index in [1.54, 1.807) is 14.1 Å². The summed E-state index contributed by atoms with van der Waals surface area (Å²) >= 11 is 0. The molecule has 1 amide bonds. The number of amides is 1. The molecule has 5 aliphatic rings. The van der Waals surface area contributed by atoms with E-state index in [4.69, 9.17) is 5.73 Å². The molecule has 6 N–H and O–H groups in total. The van der Waals surface area contributed by atoms with Crippen molar-refractivity contribution >= 4 is 17.5 Å². The van der Waals surface area contributed by atoms with Crippen molar-refractivity contribution < 1.29 is 39.2 Å². The Morgan fingerprint density at radius 3 is 2.38 bits per heavy atom. The number of phenolic OH excluding ortho intramolecular Hbond substituents is 1. The van der Waals surface area contributed by atoms with Gasteiger partial charge in [0.1, 0.15) is 28.7 Å². The second kappa shape index (κ2) is 8.86. The van der Waals surface area contributed by atoms with Gasteiger partial charge < -0.3 is 26.2 Å². The summed E-state index contributed by atoms with van der Waals surface area (Å²) in [4.78, 5) is 42.7. The number of carbonyl (C=O) groups is 3. The van der Waals surface area contributed by atoms with Crippen LogP contribution in [0.25, 0.3) is 0 Å². The number of nitrogens with zero attached hydrogens (tertiary/aromatic N) is 2. The van der Waals surface area contributed by atoms with E-state index in [0.717, 1.165) is 25.9 Å². The number of ketones is 2. The van der Waals surface area contributed by atoms with Crippen LogP contribution in [-0.4, -0.2) is 86.5 Å². The molecule has 0 bridgehead atoms. The third kappa shape index (κ3) is 3.67. The Balaban J connectivity index is 1.40. The highest BCUT2D eigenvalue weighted by atomic mass is 19.1. The van der Waals surface area contributed by atoms with Crippen molar-refractivity contribution in [2.45, 2.75) is 56.7 Å². The monoisotopic (exact) mass is 555 g/mol. The van der Waals surface area contributed by atoms with Gasteiger partial charge in [-0.15, -0.1) is 0 Å². The van der Waals surface area contributed by atoms with Crippen LogP contribution in [0.4, 0.5) is 4.39 Å². The zero-order valence-electron chi connectivity index (χ0n) is 22.5. The highest BCUT2D eigenvalue weighted by Gasteiger charge is 2.63. The number of halogens is 1. The van der Waals surface area contributed by atoms with Crippen molar-refractivity contribution in [2.24, 2.45) is 23.0 Å². The molecule has 1 aromatic carbocycles. The SMILES string of the molecule is CN(C)[C@@H]1C(O)=C(C(N)=O)C(=O)[C@@]2(O)C(O)=C3C(=O)c4c(O)cc(CN5CCC6(CC5)CC6)c(F)c4C[C@H]3C[C@@H]12. The number of aliphatic hydroxyl groups is 3. The number of aliphatic hydroxyl groups excluding tert-OH is 2. The number of aromatic hydroxyl groups is 1. The van der Waals surface area contributed by atoms with Crippen molar-refractivity contribution in [2.75, 3.05) is 27.2 Å². The van der Waals surface area contributed by atoms with Crippen LogP contribution in [0.2, 0.25) is 0 Å². The molecule has 1 saturated carbocycles. The zero-order chi connectivity index (χ0) is 28.9. The second-order valence-corrected chi connectivity index (χ2v) is 12.5. The normalized spacial score (nSPS) is 31.4. The highest BCUT2D eigenvalue weighted by Crippen LogP contribution is 2.54. The first kappa shape index (κ1) is 26.9. The van der Waals surface area contributed by atoms with Gasteiger partial charge in [-0.25, -0.2) is 4.39 Å². The minimum atomic E-state index is -2.72. The largest absolute Gasteiger partial charge is 0.510 e. The van der Waals surface area contributed by atoms with Crippen LogP contribution in [0.3, 0.4) is 0 Å². The number of Topliss-reactive ketones (excluding diaryl/α,β-unsaturated/α-hetero) is 2. The smallest absolute Gasteiger partial charge is 0.255 e. The molecule has 10 nitrogen and oxygen atoms in total. The maximum absolute atomic E-state index is 16.0. The minimum Gasteiger partial charge on any atom is -0.510 e. The Kier molecular flexibility index (Phi) is 5.96. The number of rotatable bonds is 4. The molecule has 0 radical (unpaired) electrons. The van der Waals surface area contributed by atoms with Crippen LogP contribution < -0.4 is 5.73 Å². The molecule has 214 valence electrons. The Morgan fingerprint density at radius 2 is 1.80 bits per heavy atom. The van der Waals surface area contributed by atoms with Crippen LogP contribution >= 0.6 is 0 Å². The van der Waals surface area contributed by atoms with Crippen LogP contribution in [0.5, 0.6) is 5.75 Å². The summed E-state index contributed by atoms with van der Waals surface area (Å²) in [6, 6.07) is 0.148. The number of hydrogen-bond acceptors (Lipinski definition) is 9. The molecule has 1 spiro atoms. The van der Waals surface area contributed by atoms with Crippen molar-refractivity contribution in [3.63, 3.8) is 0 Å². The van der Waals surface area contributed by atoms with E-state index in [0.29, 0.717) is 12.0 Å². The summed E-state index contributed by atoms with van der Waals surface area (Å²) in [6.45, 7) is 1.97. The summed E-state index contributed by atoms with van der Waals surface area (Å²) in [5.41, 5.74) is 1.93. The number of likely N-dealkylation sites (tertiary alicyclic amines) is 1. The molecule has 6 rings (SSSR count). The van der Waals surface area contributed by atoms with E-state index in [1.165, 1.54) is 23.8 Å². The van der Waals surface area contributed by atoms with Gasteiger partial charge in [0.05, 0.1) is 11.6 Å². The molecule has 1 saturated heterocycles. The molecule has 11 heteroatoms. The molecule has 0 unspecified atom stereocenters. The lowest BCUT2D eigenvalue weighted by atomic mass is 9.58. The van der Waals surface area contributed by atoms with Crippen molar-refractivity contribution in [3.8, 4) is 5.75 Å². The Labute approximate surface area is 230 Å². The second-order valence-electron chi connectivity index (χ2n) is 12.5. The van der Waals surface area contributed by atoms with Crippen LogP contribution in [0, 0.1) is 23.1 Å². The van der Waals surface area contributed by atoms with Gasteiger partial charge in [0.2, 0.25) is 5.78 Å². The molecule has 1 heterocycles. The lowest BCUT2D eigenvalue weighted by Gasteiger charge is -2.50. The van der Waals surface area contributed by atoms with Crippen molar-refractivity contribution in [1.29, 1.82) is 0 Å². The average Bonchev–Trinajstić information content (AvgIpc) is 3.64. The van der Waals surface area contributed by atoms with Crippen LogP contribution in [0.1, 0.15) is 53.6 Å². The van der Waals surface area contributed by atoms with E-state index in [-0.39, 0.29) is 35.1 Å². The van der Waals surface area contributed by atoms with Crippen LogP contribution in [-0.2, 0) is 22.6 Å². The Bertz CT molecular complexity index is 1420. The first-order chi connectivity index (χ1) is 18.8. The first-order valence-corrected chi connectivity index (χ1v) is 13.7. The molecule has 1 aromatic rings. The number of hydrogen-bond donors (Lipinski definition) is 5. The van der Waals surface area contributed by atoms with Crippen molar-refractivity contribution in [3.05, 3.63) is 51.2 Å². The predicted octanol–water partition coefficient (Wildman–Crippen LogP) is 1.64. The maximum Gasteiger partial charge on any atom is 0.255 e. The Hall–Kier alpha value is -3.28. The van der Waals surface area contributed by atoms with E-state index >= 15 is 4.39 Å². The summed E-state index contributed by atoms with van der Waals surface area (Å²) < 4.78 is 16.0. The van der Waals surface area contributed by atoms with Gasteiger partial charge in [-0.3, -0.25) is 24.2 Å². The van der Waals surface area contributed by atoms with E-state index in [2.05, 4.69) is 4.90 Å². The third-order valence-corrected chi connectivity index (χ3v) is 10.00. The van der Waals surface area contributed by atoms with Gasteiger partial charge in [-0.1, -0.05) is 0 Å². The standard InChI is InChI=1S/C29H34FN3O7/c1-32(2)22-16-10-13-9-15-19(17(34)11-14(21(15)30)12-33-7-5-28(3-4-28)6-8-33)23(35)18(13)25(37)29(16,40)26(38)20(24(22)36)27(31)39/h11,13,16,22,34,36-37,40H,3-10,12H2,1-2H3,(H2,31,39)/t13-,16-,22-,29-/m0/s1. The zero-order valence-corrected chi connectivity index (χ0v) is 22.5. The fourth-order valence-corrected chi connectivity index (χ4v) is 7.57. The van der Waals surface area contributed by atoms with E-state index in [1.807, 2.05) is 0 Å². The summed E-state index contributed by atoms with van der Waals surface area (Å²) in [5.74, 6) is -8.05. The number of benzene rings is 1. The van der Waals surface area contributed by atoms with Gasteiger partial charge in [0, 0.05) is 29.2 Å². The molecule has 2 fully saturated rings. The molecular formula is C29H34FN3O7. The number of carbonyl (C=O) groups excluding carboxylic acids is 3.